The highest BCUT2D eigenvalue weighted by atomic mass is 15.3. The second-order valence-corrected chi connectivity index (χ2v) is 5.06. The van der Waals surface area contributed by atoms with Crippen LogP contribution in [0.1, 0.15) is 18.5 Å². The molecule has 110 valence electrons. The summed E-state index contributed by atoms with van der Waals surface area (Å²) >= 11 is 0. The van der Waals surface area contributed by atoms with Gasteiger partial charge in [-0.05, 0) is 19.8 Å². The molecule has 0 atom stereocenters. The fourth-order valence-electron chi connectivity index (χ4n) is 2.46. The van der Waals surface area contributed by atoms with Crippen molar-refractivity contribution in [2.45, 2.75) is 26.3 Å². The molecule has 0 aliphatic heterocycles. The van der Waals surface area contributed by atoms with Crippen LogP contribution in [-0.4, -0.2) is 35.8 Å². The molecule has 0 bridgehead atoms. The van der Waals surface area contributed by atoms with Crippen molar-refractivity contribution in [1.82, 2.24) is 29.3 Å². The molecular weight excluding hydrogens is 266 g/mol. The summed E-state index contributed by atoms with van der Waals surface area (Å²) in [4.78, 5) is 12.7. The van der Waals surface area contributed by atoms with E-state index >= 15 is 0 Å². The Labute approximate surface area is 123 Å². The van der Waals surface area contributed by atoms with E-state index < -0.39 is 0 Å². The predicted molar refractivity (Wildman–Crippen MR) is 81.0 cm³/mol. The van der Waals surface area contributed by atoms with Crippen LogP contribution in [0.3, 0.4) is 0 Å². The lowest BCUT2D eigenvalue weighted by molar-refractivity contribution is 0.621. The van der Waals surface area contributed by atoms with Gasteiger partial charge in [0.2, 0.25) is 0 Å². The third-order valence-electron chi connectivity index (χ3n) is 3.49. The quantitative estimate of drug-likeness (QED) is 0.699. The van der Waals surface area contributed by atoms with Gasteiger partial charge < -0.3 is 9.88 Å². The van der Waals surface area contributed by atoms with Gasteiger partial charge in [-0.3, -0.25) is 4.68 Å². The van der Waals surface area contributed by atoms with Crippen LogP contribution in [0, 0.1) is 6.92 Å². The molecule has 0 saturated heterocycles. The van der Waals surface area contributed by atoms with Gasteiger partial charge in [0.15, 0.2) is 5.65 Å². The van der Waals surface area contributed by atoms with Crippen LogP contribution >= 0.6 is 0 Å². The molecule has 0 amide bonds. The Morgan fingerprint density at radius 3 is 2.95 bits per heavy atom. The monoisotopic (exact) mass is 285 g/mol. The normalized spacial score (nSPS) is 11.1. The Balaban J connectivity index is 1.58. The third kappa shape index (κ3) is 2.86. The van der Waals surface area contributed by atoms with Gasteiger partial charge >= 0.3 is 0 Å². The molecule has 0 aliphatic carbocycles. The van der Waals surface area contributed by atoms with Crippen molar-refractivity contribution in [3.63, 3.8) is 0 Å². The number of aryl methyl sites for hydroxylation is 3. The summed E-state index contributed by atoms with van der Waals surface area (Å²) in [5.41, 5.74) is 1.82. The molecule has 0 spiro atoms. The first-order chi connectivity index (χ1) is 10.3. The van der Waals surface area contributed by atoms with Gasteiger partial charge in [-0.2, -0.15) is 5.10 Å². The second-order valence-electron chi connectivity index (χ2n) is 5.06. The Bertz CT molecular complexity index is 714. The summed E-state index contributed by atoms with van der Waals surface area (Å²) in [6, 6.07) is 0. The van der Waals surface area contributed by atoms with E-state index in [1.54, 1.807) is 17.2 Å². The van der Waals surface area contributed by atoms with Crippen LogP contribution in [0.2, 0.25) is 0 Å². The fraction of sp³-hybridized carbons (Fsp3) is 0.429. The van der Waals surface area contributed by atoms with Crippen LogP contribution in [0.4, 0.5) is 5.82 Å². The zero-order valence-corrected chi connectivity index (χ0v) is 12.3. The van der Waals surface area contributed by atoms with E-state index in [1.807, 2.05) is 26.5 Å². The van der Waals surface area contributed by atoms with Crippen molar-refractivity contribution in [3.8, 4) is 0 Å². The SMILES string of the molecule is Cc1nn(C)c2ncnc(NCCCCn3ccnc3)c12. The summed E-state index contributed by atoms with van der Waals surface area (Å²) in [5.74, 6) is 0.869. The topological polar surface area (TPSA) is 73.5 Å². The Morgan fingerprint density at radius 1 is 1.24 bits per heavy atom. The zero-order chi connectivity index (χ0) is 14.7. The second kappa shape index (κ2) is 5.90. The standard InChI is InChI=1S/C14H19N7/c1-11-12-13(17-9-18-14(12)20(2)19-11)16-5-3-4-7-21-8-6-15-10-21/h6,8-10H,3-5,7H2,1-2H3,(H,16,17,18). The van der Waals surface area contributed by atoms with Gasteiger partial charge in [0.05, 0.1) is 17.4 Å². The van der Waals surface area contributed by atoms with E-state index in [2.05, 4.69) is 29.9 Å². The maximum Gasteiger partial charge on any atom is 0.163 e. The zero-order valence-electron chi connectivity index (χ0n) is 12.3. The van der Waals surface area contributed by atoms with Gasteiger partial charge in [0.1, 0.15) is 12.1 Å². The van der Waals surface area contributed by atoms with Crippen molar-refractivity contribution in [3.05, 3.63) is 30.7 Å². The minimum atomic E-state index is 0.864. The molecule has 3 heterocycles. The predicted octanol–water partition coefficient (Wildman–Crippen LogP) is 1.76. The lowest BCUT2D eigenvalue weighted by Gasteiger charge is -2.07. The van der Waals surface area contributed by atoms with Crippen molar-refractivity contribution < 1.29 is 0 Å². The van der Waals surface area contributed by atoms with Crippen LogP contribution in [0.15, 0.2) is 25.0 Å². The van der Waals surface area contributed by atoms with Gasteiger partial charge in [0.25, 0.3) is 0 Å². The fourth-order valence-corrected chi connectivity index (χ4v) is 2.46. The van der Waals surface area contributed by atoms with Crippen molar-refractivity contribution >= 4 is 16.9 Å². The van der Waals surface area contributed by atoms with E-state index in [0.29, 0.717) is 0 Å². The maximum atomic E-state index is 4.39. The summed E-state index contributed by atoms with van der Waals surface area (Å²) in [7, 11) is 1.90. The number of nitrogens with zero attached hydrogens (tertiary/aromatic N) is 6. The minimum Gasteiger partial charge on any atom is -0.369 e. The number of aromatic nitrogens is 6. The number of hydrogen-bond acceptors (Lipinski definition) is 5. The Hall–Kier alpha value is -2.44. The van der Waals surface area contributed by atoms with Crippen molar-refractivity contribution in [1.29, 1.82) is 0 Å². The molecule has 7 nitrogen and oxygen atoms in total. The van der Waals surface area contributed by atoms with Gasteiger partial charge in [-0.1, -0.05) is 0 Å². The van der Waals surface area contributed by atoms with E-state index in [-0.39, 0.29) is 0 Å². The van der Waals surface area contributed by atoms with E-state index in [1.165, 1.54) is 0 Å². The maximum absolute atomic E-state index is 4.39. The van der Waals surface area contributed by atoms with Gasteiger partial charge in [0, 0.05) is 32.5 Å². The smallest absolute Gasteiger partial charge is 0.163 e. The number of unbranched alkanes of at least 4 members (excludes halogenated alkanes) is 1. The minimum absolute atomic E-state index is 0.864. The lowest BCUT2D eigenvalue weighted by Crippen LogP contribution is -2.06. The highest BCUT2D eigenvalue weighted by Crippen LogP contribution is 2.21. The molecule has 0 fully saturated rings. The van der Waals surface area contributed by atoms with Gasteiger partial charge in [-0.25, -0.2) is 15.0 Å². The molecule has 0 unspecified atom stereocenters. The largest absolute Gasteiger partial charge is 0.369 e. The van der Waals surface area contributed by atoms with E-state index in [0.717, 1.165) is 48.5 Å². The molecule has 0 saturated carbocycles. The number of rotatable bonds is 6. The molecule has 3 rings (SSSR count). The summed E-state index contributed by atoms with van der Waals surface area (Å²) in [5, 5.41) is 8.79. The first kappa shape index (κ1) is 13.5. The first-order valence-corrected chi connectivity index (χ1v) is 7.09. The Kier molecular flexibility index (Phi) is 3.81. The molecule has 21 heavy (non-hydrogen) atoms. The van der Waals surface area contributed by atoms with Crippen molar-refractivity contribution in [2.75, 3.05) is 11.9 Å². The van der Waals surface area contributed by atoms with Crippen LogP contribution < -0.4 is 5.32 Å². The molecule has 0 aromatic carbocycles. The van der Waals surface area contributed by atoms with E-state index in [4.69, 9.17) is 0 Å². The summed E-state index contributed by atoms with van der Waals surface area (Å²) in [6.07, 6.45) is 9.39. The highest BCUT2D eigenvalue weighted by molar-refractivity contribution is 5.88. The van der Waals surface area contributed by atoms with Gasteiger partial charge in [-0.15, -0.1) is 0 Å². The van der Waals surface area contributed by atoms with E-state index in [9.17, 15) is 0 Å². The number of hydrogen-bond donors (Lipinski definition) is 1. The molecule has 7 heteroatoms. The van der Waals surface area contributed by atoms with Crippen molar-refractivity contribution in [2.24, 2.45) is 7.05 Å². The summed E-state index contributed by atoms with van der Waals surface area (Å²) < 4.78 is 3.88. The lowest BCUT2D eigenvalue weighted by atomic mass is 10.2. The molecule has 0 aliphatic rings. The Morgan fingerprint density at radius 2 is 2.14 bits per heavy atom. The molecular formula is C14H19N7. The first-order valence-electron chi connectivity index (χ1n) is 7.09. The van der Waals surface area contributed by atoms with Crippen LogP contribution in [0.5, 0.6) is 0 Å². The number of nitrogens with one attached hydrogen (secondary N) is 1. The molecule has 3 aromatic rings. The highest BCUT2D eigenvalue weighted by Gasteiger charge is 2.11. The number of anilines is 1. The average molecular weight is 285 g/mol. The number of imidazole rings is 1. The average Bonchev–Trinajstić information content (AvgIpc) is 3.08. The molecule has 3 aromatic heterocycles. The third-order valence-corrected chi connectivity index (χ3v) is 3.49. The van der Waals surface area contributed by atoms with Crippen LogP contribution in [0.25, 0.3) is 11.0 Å². The summed E-state index contributed by atoms with van der Waals surface area (Å²) in [6.45, 7) is 3.86. The van der Waals surface area contributed by atoms with Crippen LogP contribution in [-0.2, 0) is 13.6 Å². The molecule has 0 radical (unpaired) electrons. The number of fused-ring (bicyclic) bond motifs is 1. The molecule has 1 N–H and O–H groups in total.